The third kappa shape index (κ3) is 8.11. The molecule has 6 heterocycles. The van der Waals surface area contributed by atoms with Crippen LogP contribution in [0, 0.1) is 17.2 Å². The number of aromatic amines is 1. The summed E-state index contributed by atoms with van der Waals surface area (Å²) in [5.41, 5.74) is 4.96. The molecule has 2 bridgehead atoms. The highest BCUT2D eigenvalue weighted by molar-refractivity contribution is 8.44. The van der Waals surface area contributed by atoms with Crippen LogP contribution in [-0.2, 0) is 61.7 Å². The van der Waals surface area contributed by atoms with E-state index in [1.165, 1.54) is 21.4 Å². The second-order valence-electron chi connectivity index (χ2n) is 11.6. The van der Waals surface area contributed by atoms with Crippen LogP contribution >= 0.6 is 25.8 Å². The second-order valence-corrected chi connectivity index (χ2v) is 17.5. The number of hydrogen-bond acceptors (Lipinski definition) is 16. The van der Waals surface area contributed by atoms with Crippen molar-refractivity contribution in [1.29, 1.82) is 5.26 Å². The Morgan fingerprint density at radius 3 is 2.81 bits per heavy atom. The first-order valence-electron chi connectivity index (χ1n) is 15.5. The highest BCUT2D eigenvalue weighted by Gasteiger charge is 2.51. The van der Waals surface area contributed by atoms with Gasteiger partial charge < -0.3 is 28.6 Å². The first-order valence-corrected chi connectivity index (χ1v) is 20.7. The summed E-state index contributed by atoms with van der Waals surface area (Å²) in [5, 5.41) is 11.5. The van der Waals surface area contributed by atoms with Crippen LogP contribution in [-0.4, -0.2) is 84.1 Å². The Labute approximate surface area is 303 Å². The van der Waals surface area contributed by atoms with E-state index in [-0.39, 0.29) is 65.8 Å². The van der Waals surface area contributed by atoms with Crippen LogP contribution in [0.15, 0.2) is 23.4 Å². The van der Waals surface area contributed by atoms with Crippen LogP contribution in [0.5, 0.6) is 0 Å². The number of amides is 2. The average Bonchev–Trinajstić information content (AvgIpc) is 3.76. The van der Waals surface area contributed by atoms with Gasteiger partial charge in [-0.1, -0.05) is 26.1 Å². The first-order chi connectivity index (χ1) is 24.7. The molecule has 2 aliphatic rings. The Kier molecular flexibility index (Phi) is 11.2. The van der Waals surface area contributed by atoms with Gasteiger partial charge in [-0.05, 0) is 17.9 Å². The molecule has 52 heavy (non-hydrogen) atoms. The fourth-order valence-electron chi connectivity index (χ4n) is 5.18. The molecule has 1 saturated heterocycles. The van der Waals surface area contributed by atoms with E-state index in [0.29, 0.717) is 0 Å². The highest BCUT2D eigenvalue weighted by Crippen LogP contribution is 2.58. The van der Waals surface area contributed by atoms with Crippen molar-refractivity contribution in [3.63, 3.8) is 0 Å². The number of carbonyl (C=O) groups excluding carboxylic acids is 2. The molecule has 2 aliphatic heterocycles. The van der Waals surface area contributed by atoms with E-state index in [0.717, 1.165) is 6.33 Å². The van der Waals surface area contributed by atoms with E-state index in [1.807, 2.05) is 6.07 Å². The number of halogens is 1. The number of nitrogens with one attached hydrogen (secondary N) is 2. The number of thiol groups is 1. The molecule has 0 spiro atoms. The molecular weight excluding hydrogens is 769 g/mol. The minimum Gasteiger partial charge on any atom is -0.366 e. The van der Waals surface area contributed by atoms with Gasteiger partial charge in [0.1, 0.15) is 30.2 Å². The number of hydrogen-bond donors (Lipinski definition) is 4. The molecular formula is C27H31FN10O10P2S2. The Morgan fingerprint density at radius 2 is 2.08 bits per heavy atom. The standard InChI is InChI=1S/C27H31FN10O10P2S2/c1-13(2)24(40)35-27-34-23-19(25(41)36-27)32-12-38(23)26-20-18(28)16(47-26)10-46-50(52,43-6-3-4-29)44-7-5-37-17(11-45-49(42,51)48-20)33-15-8-14(21(30)39)9-31-22(15)37/h8-9,12-13,16,18,20,26H,3,5-7,10-11H2,1-2H3,(H2,30,39)(H,42,51)(H2,34,35,36,40,41)/t16-,18-,20-,26-,49?,50?/m1/s1. The van der Waals surface area contributed by atoms with Gasteiger partial charge in [0, 0.05) is 18.7 Å². The summed E-state index contributed by atoms with van der Waals surface area (Å²) in [4.78, 5) is 56.6. The van der Waals surface area contributed by atoms with Crippen LogP contribution in [0.3, 0.4) is 0 Å². The second kappa shape index (κ2) is 15.4. The molecule has 6 rings (SSSR count). The summed E-state index contributed by atoms with van der Waals surface area (Å²) in [6.45, 7) is -6.24. The fraction of sp³-hybridized carbons (Fsp3) is 0.481. The van der Waals surface area contributed by atoms with Gasteiger partial charge >= 0.3 is 13.5 Å². The number of fused-ring (bicyclic) bond motifs is 6. The lowest BCUT2D eigenvalue weighted by Gasteiger charge is -2.24. The number of H-pyrrole nitrogens is 1. The van der Waals surface area contributed by atoms with E-state index in [2.05, 4.69) is 42.5 Å². The molecule has 6 atom stereocenters. The predicted octanol–water partition coefficient (Wildman–Crippen LogP) is 2.63. The van der Waals surface area contributed by atoms with Crippen molar-refractivity contribution >= 4 is 77.7 Å². The monoisotopic (exact) mass is 800 g/mol. The molecule has 1 fully saturated rings. The van der Waals surface area contributed by atoms with Crippen molar-refractivity contribution < 1.29 is 45.9 Å². The summed E-state index contributed by atoms with van der Waals surface area (Å²) in [6.07, 6.45) is -4.47. The summed E-state index contributed by atoms with van der Waals surface area (Å²) < 4.78 is 67.6. The molecule has 4 N–H and O–H groups in total. The number of nitrogens with two attached hydrogens (primary N) is 1. The van der Waals surface area contributed by atoms with E-state index < -0.39 is 74.6 Å². The zero-order valence-corrected chi connectivity index (χ0v) is 30.8. The first kappa shape index (κ1) is 38.1. The van der Waals surface area contributed by atoms with Gasteiger partial charge in [0.05, 0.1) is 44.2 Å². The number of rotatable bonds is 7. The highest BCUT2D eigenvalue weighted by atomic mass is 32.7. The van der Waals surface area contributed by atoms with E-state index in [4.69, 9.17) is 50.2 Å². The SMILES string of the molecule is CC(C)C(=O)Nc1nc2c(ncn2[C@@H]2O[C@@H]3COP(=S)(OCCC#N)OCCn4c(nc5cc(C(N)=O)cnc54)COP(=O)(S)O[C@@H]2[C@@H]3F)c(=O)[nH]1. The lowest BCUT2D eigenvalue weighted by Crippen LogP contribution is -2.32. The Balaban J connectivity index is 1.39. The fourth-order valence-corrected chi connectivity index (χ4v) is 8.35. The molecule has 0 radical (unpaired) electrons. The van der Waals surface area contributed by atoms with Crippen LogP contribution < -0.4 is 16.6 Å². The number of primary amides is 1. The number of ether oxygens (including phenoxy) is 1. The zero-order chi connectivity index (χ0) is 37.4. The molecule has 0 saturated carbocycles. The molecule has 4 aromatic rings. The minimum absolute atomic E-state index is 0.0228. The van der Waals surface area contributed by atoms with Gasteiger partial charge in [-0.3, -0.25) is 38.3 Å². The maximum absolute atomic E-state index is 16.4. The van der Waals surface area contributed by atoms with E-state index in [9.17, 15) is 18.9 Å². The molecule has 0 aromatic carbocycles. The number of imidazole rings is 2. The van der Waals surface area contributed by atoms with Gasteiger partial charge in [0.15, 0.2) is 29.2 Å². The van der Waals surface area contributed by atoms with E-state index >= 15 is 4.39 Å². The van der Waals surface area contributed by atoms with Crippen molar-refractivity contribution in [2.75, 3.05) is 25.1 Å². The Hall–Kier alpha value is -3.68. The molecule has 20 nitrogen and oxygen atoms in total. The third-order valence-electron chi connectivity index (χ3n) is 7.72. The molecule has 0 aliphatic carbocycles. The molecule has 278 valence electrons. The minimum atomic E-state index is -4.47. The van der Waals surface area contributed by atoms with Gasteiger partial charge in [-0.25, -0.2) is 23.9 Å². The number of pyridine rings is 1. The predicted molar refractivity (Wildman–Crippen MR) is 185 cm³/mol. The summed E-state index contributed by atoms with van der Waals surface area (Å²) in [5.74, 6) is -1.71. The van der Waals surface area contributed by atoms with Crippen molar-refractivity contribution in [2.24, 2.45) is 11.7 Å². The Bertz CT molecular complexity index is 2230. The van der Waals surface area contributed by atoms with Gasteiger partial charge in [-0.2, -0.15) is 10.2 Å². The van der Waals surface area contributed by atoms with Crippen molar-refractivity contribution in [2.45, 2.75) is 58.0 Å². The zero-order valence-electron chi connectivity index (χ0n) is 27.3. The Morgan fingerprint density at radius 1 is 1.29 bits per heavy atom. The van der Waals surface area contributed by atoms with Crippen molar-refractivity contribution in [3.8, 4) is 6.07 Å². The number of aromatic nitrogens is 7. The van der Waals surface area contributed by atoms with Crippen LogP contribution in [0.4, 0.5) is 10.3 Å². The van der Waals surface area contributed by atoms with Crippen LogP contribution in [0.1, 0.15) is 42.7 Å². The largest absolute Gasteiger partial charge is 0.387 e. The summed E-state index contributed by atoms with van der Waals surface area (Å²) in [6, 6.07) is 3.33. The molecule has 4 aromatic heterocycles. The lowest BCUT2D eigenvalue weighted by atomic mass is 10.1. The van der Waals surface area contributed by atoms with Crippen molar-refractivity contribution in [3.05, 3.63) is 40.3 Å². The number of anilines is 1. The van der Waals surface area contributed by atoms with Crippen molar-refractivity contribution in [1.82, 2.24) is 34.1 Å². The molecule has 2 amide bonds. The van der Waals surface area contributed by atoms with Gasteiger partial charge in [-0.15, -0.1) is 0 Å². The maximum atomic E-state index is 16.4. The maximum Gasteiger partial charge on any atom is 0.387 e. The lowest BCUT2D eigenvalue weighted by molar-refractivity contribution is -0.118. The number of alkyl halides is 1. The smallest absolute Gasteiger partial charge is 0.366 e. The topological polar surface area (TPSA) is 263 Å². The summed E-state index contributed by atoms with van der Waals surface area (Å²) in [7, 11) is 0. The third-order valence-corrected chi connectivity index (χ3v) is 11.7. The van der Waals surface area contributed by atoms with Gasteiger partial charge in [0.2, 0.25) is 17.8 Å². The van der Waals surface area contributed by atoms with Crippen LogP contribution in [0.25, 0.3) is 22.3 Å². The van der Waals surface area contributed by atoms with E-state index in [1.54, 1.807) is 13.8 Å². The quantitative estimate of drug-likeness (QED) is 0.119. The number of carbonyl (C=O) groups is 2. The van der Waals surface area contributed by atoms with Gasteiger partial charge in [0.25, 0.3) is 5.56 Å². The summed E-state index contributed by atoms with van der Waals surface area (Å²) >= 11 is 9.71. The number of nitrogens with zero attached hydrogens (tertiary/aromatic N) is 7. The molecule has 25 heteroatoms. The van der Waals surface area contributed by atoms with Crippen LogP contribution in [0.2, 0.25) is 0 Å². The number of nitriles is 1. The molecule has 2 unspecified atom stereocenters. The normalized spacial score (nSPS) is 27.2. The average molecular weight is 801 g/mol.